The summed E-state index contributed by atoms with van der Waals surface area (Å²) in [4.78, 5) is 11.1. The summed E-state index contributed by atoms with van der Waals surface area (Å²) in [5.41, 5.74) is 5.34. The van der Waals surface area contributed by atoms with Gasteiger partial charge in [-0.3, -0.25) is 9.67 Å². The molecule has 2 aliphatic rings. The third kappa shape index (κ3) is 8.47. The van der Waals surface area contributed by atoms with Gasteiger partial charge >= 0.3 is 0 Å². The van der Waals surface area contributed by atoms with Gasteiger partial charge in [-0.05, 0) is 63.3 Å². The van der Waals surface area contributed by atoms with Gasteiger partial charge in [0.2, 0.25) is 0 Å². The van der Waals surface area contributed by atoms with Gasteiger partial charge < -0.3 is 34.9 Å². The van der Waals surface area contributed by atoms with Crippen LogP contribution < -0.4 is 5.32 Å². The van der Waals surface area contributed by atoms with Gasteiger partial charge in [0.1, 0.15) is 12.2 Å². The molecule has 37 heavy (non-hydrogen) atoms. The van der Waals surface area contributed by atoms with Gasteiger partial charge in [-0.2, -0.15) is 10.2 Å². The van der Waals surface area contributed by atoms with E-state index in [0.717, 1.165) is 61.7 Å². The van der Waals surface area contributed by atoms with E-state index >= 15 is 0 Å². The molecular formula is C27H38EsN8S-2. The van der Waals surface area contributed by atoms with Crippen LogP contribution in [0.15, 0.2) is 65.5 Å². The van der Waals surface area contributed by atoms with Crippen LogP contribution in [0.1, 0.15) is 42.4 Å². The molecular weight excluding hydrogens is 720 g/mol. The van der Waals surface area contributed by atoms with E-state index in [1.54, 1.807) is 6.20 Å². The fourth-order valence-electron chi connectivity index (χ4n) is 4.02. The molecule has 0 aliphatic carbocycles. The quantitative estimate of drug-likeness (QED) is 0.338. The summed E-state index contributed by atoms with van der Waals surface area (Å²) in [6, 6.07) is 6.04. The Kier molecular flexibility index (Phi) is 13.1. The maximum atomic E-state index is 5.04. The van der Waals surface area contributed by atoms with E-state index in [1.807, 2.05) is 37.5 Å². The summed E-state index contributed by atoms with van der Waals surface area (Å²) in [6.07, 6.45) is 12.7. The fourth-order valence-corrected chi connectivity index (χ4v) is 4.12. The van der Waals surface area contributed by atoms with Crippen molar-refractivity contribution in [2.45, 2.75) is 45.7 Å². The van der Waals surface area contributed by atoms with Gasteiger partial charge in [-0.25, -0.2) is 4.99 Å². The van der Waals surface area contributed by atoms with Gasteiger partial charge in [0, 0.05) is 54.8 Å². The van der Waals surface area contributed by atoms with Gasteiger partial charge in [-0.1, -0.05) is 26.1 Å². The maximum absolute atomic E-state index is 5.04. The number of hydrazone groups is 1. The van der Waals surface area contributed by atoms with E-state index in [9.17, 15) is 0 Å². The van der Waals surface area contributed by atoms with Gasteiger partial charge in [-0.15, -0.1) is 0 Å². The van der Waals surface area contributed by atoms with Crippen molar-refractivity contribution in [1.29, 1.82) is 0 Å². The maximum Gasteiger partial charge on any atom is 0.137 e. The fraction of sp³-hybridized carbons (Fsp3) is 0.370. The molecule has 0 saturated carbocycles. The molecule has 0 atom stereocenters. The summed E-state index contributed by atoms with van der Waals surface area (Å²) >= 11 is 5.04. The Labute approximate surface area is 221 Å². The molecule has 1 N–H and O–H groups in total. The number of hydrogen-bond donors (Lipinski definition) is 1. The average Bonchev–Trinajstić information content (AvgIpc) is 3.22. The Morgan fingerprint density at radius 2 is 2.08 bits per heavy atom. The molecule has 2 aromatic rings. The number of hydrogen-bond acceptors (Lipinski definition) is 8. The first kappa shape index (κ1) is 30.9. The first-order valence-corrected chi connectivity index (χ1v) is 12.4. The van der Waals surface area contributed by atoms with Crippen LogP contribution >= 0.6 is 0 Å². The molecule has 0 bridgehead atoms. The van der Waals surface area contributed by atoms with E-state index < -0.39 is 0 Å². The molecule has 10 heteroatoms. The monoisotopic (exact) mass is 758 g/mol. The Morgan fingerprint density at radius 3 is 2.73 bits per heavy atom. The van der Waals surface area contributed by atoms with Crippen LogP contribution in [-0.2, 0) is 38.7 Å². The van der Waals surface area contributed by atoms with Crippen molar-refractivity contribution in [3.8, 4) is 0 Å². The molecule has 8 nitrogen and oxygen atoms in total. The number of nitrogens with zero attached hydrogens (tertiary/aromatic N) is 7. The summed E-state index contributed by atoms with van der Waals surface area (Å²) in [7, 11) is 1.96. The summed E-state index contributed by atoms with van der Waals surface area (Å²) < 4.78 is 3.43. The molecule has 0 saturated heterocycles. The van der Waals surface area contributed by atoms with Gasteiger partial charge in [0.15, 0.2) is 0 Å². The van der Waals surface area contributed by atoms with E-state index in [1.165, 1.54) is 28.4 Å². The molecule has 4 heterocycles. The van der Waals surface area contributed by atoms with Crippen LogP contribution in [0.25, 0.3) is 6.08 Å². The molecule has 4 rings (SSSR count). The second-order valence-electron chi connectivity index (χ2n) is 8.26. The Hall–Kier alpha value is -4.17. The molecule has 2 aliphatic heterocycles. The first-order chi connectivity index (χ1) is 17.1. The minimum absolute atomic E-state index is 0. The van der Waals surface area contributed by atoms with Crippen molar-refractivity contribution in [3.63, 3.8) is 0 Å². The van der Waals surface area contributed by atoms with Crippen molar-refractivity contribution in [1.82, 2.24) is 29.4 Å². The van der Waals surface area contributed by atoms with Crippen LogP contribution in [-0.4, -0.2) is 56.4 Å². The normalized spacial score (nSPS) is 16.0. The second kappa shape index (κ2) is 15.7. The first-order valence-electron chi connectivity index (χ1n) is 12.0. The number of pyridine rings is 1. The summed E-state index contributed by atoms with van der Waals surface area (Å²) in [5, 5.41) is 11.9. The van der Waals surface area contributed by atoms with Gasteiger partial charge in [0.25, 0.3) is 0 Å². The molecule has 0 amide bonds. The van der Waals surface area contributed by atoms with Crippen molar-refractivity contribution in [2.75, 3.05) is 20.1 Å². The summed E-state index contributed by atoms with van der Waals surface area (Å²) in [6.45, 7) is 13.8. The molecule has 2 aromatic heterocycles. The Balaban J connectivity index is 0.000000895. The number of rotatable bonds is 7. The van der Waals surface area contributed by atoms with Crippen LogP contribution in [0.2, 0.25) is 0 Å². The largest absolute Gasteiger partial charge is 0.639 e. The van der Waals surface area contributed by atoms with Crippen molar-refractivity contribution >= 4 is 31.1 Å². The number of fused-ring (bicyclic) bond motifs is 1. The Morgan fingerprint density at radius 1 is 1.27 bits per heavy atom. The number of amidine groups is 1. The molecule has 0 unspecified atom stereocenters. The van der Waals surface area contributed by atoms with Crippen molar-refractivity contribution < 1.29 is 0 Å². The Bertz CT molecular complexity index is 1080. The number of aliphatic imine (C=N–C) groups is 1. The minimum atomic E-state index is 0. The van der Waals surface area contributed by atoms with Crippen molar-refractivity contribution in [3.05, 3.63) is 85.5 Å². The van der Waals surface area contributed by atoms with Crippen LogP contribution in [0.4, 0.5) is 0 Å². The number of aryl methyl sites for hydroxylation is 2. The zero-order chi connectivity index (χ0) is 25.0. The molecule has 205 valence electrons. The SMILES string of the molecule is C=Cc1nn(CCCc2ccccn2)c2c1CN(C1=N/C=N\N([S-])/C=C\C1=C)CC2.CCCNC.[CH3-].[Es]. The molecule has 0 spiro atoms. The number of aromatic nitrogens is 3. The third-order valence-corrected chi connectivity index (χ3v) is 5.94. The number of nitrogens with one attached hydrogen (secondary N) is 1. The zero-order valence-corrected chi connectivity index (χ0v) is 25.4. The molecule has 1 radical (unpaired) electrons. The van der Waals surface area contributed by atoms with E-state index in [-0.39, 0.29) is 7.43 Å². The predicted octanol–water partition coefficient (Wildman–Crippen LogP) is 4.17. The zero-order valence-electron chi connectivity index (χ0n) is 22.0. The molecule has 0 fully saturated rings. The van der Waals surface area contributed by atoms with E-state index in [4.69, 9.17) is 17.9 Å². The third-order valence-electron chi connectivity index (χ3n) is 5.72. The van der Waals surface area contributed by atoms with Crippen LogP contribution in [0, 0.1) is 7.43 Å². The van der Waals surface area contributed by atoms with Crippen molar-refractivity contribution in [2.24, 2.45) is 10.1 Å². The van der Waals surface area contributed by atoms with Crippen LogP contribution in [0.5, 0.6) is 0 Å². The van der Waals surface area contributed by atoms with Crippen LogP contribution in [0.3, 0.4) is 0 Å². The van der Waals surface area contributed by atoms with Gasteiger partial charge in [0.05, 0.1) is 5.69 Å². The minimum Gasteiger partial charge on any atom is -0.639 e. The summed E-state index contributed by atoms with van der Waals surface area (Å²) in [5.74, 6) is 0.807. The standard InChI is InChI=1S/C22H24N7S.C4H11N.CH3.Es/c1-3-20-19-15-27(22-17(2)9-14-29(30)25-16-24-22)13-10-21(19)28(26-20)12-6-8-18-7-4-5-11-23-18;1-3-4-5-2;;/h3-5,7,9,11,14,16H,1-2,6,8,10,12-13,15H2;5H,3-4H2,1-2H3;1H3;/q-1;;-1;/b14-9-,24-22?,25-16-;;;. The predicted molar refractivity (Wildman–Crippen MR) is 153 cm³/mol. The smallest absolute Gasteiger partial charge is 0.137 e. The topological polar surface area (TPSA) is 73.9 Å². The molecule has 0 aromatic carbocycles. The van der Waals surface area contributed by atoms with E-state index in [2.05, 4.69) is 56.1 Å². The van der Waals surface area contributed by atoms with E-state index in [0.29, 0.717) is 6.54 Å². The second-order valence-corrected chi connectivity index (χ2v) is 8.64. The average molecular weight is 759 g/mol.